The van der Waals surface area contributed by atoms with Crippen LogP contribution in [0.1, 0.15) is 56.4 Å². The van der Waals surface area contributed by atoms with Gasteiger partial charge in [-0.15, -0.1) is 11.3 Å². The van der Waals surface area contributed by atoms with Crippen molar-refractivity contribution in [2.45, 2.75) is 58.8 Å². The third kappa shape index (κ3) is 3.64. The highest BCUT2D eigenvalue weighted by atomic mass is 32.1. The molecule has 0 fully saturated rings. The zero-order chi connectivity index (χ0) is 19.1. The van der Waals surface area contributed by atoms with E-state index in [1.54, 1.807) is 0 Å². The molecule has 0 aliphatic carbocycles. The Morgan fingerprint density at radius 3 is 2.35 bits per heavy atom. The molecular formula is C23H30N2S. The topological polar surface area (TPSA) is 17.8 Å². The van der Waals surface area contributed by atoms with Crippen LogP contribution in [0.15, 0.2) is 42.6 Å². The van der Waals surface area contributed by atoms with E-state index in [4.69, 9.17) is 0 Å². The summed E-state index contributed by atoms with van der Waals surface area (Å²) < 4.78 is 2.37. The standard InChI is InChI=1S/C23H30N2S/c1-16-18(22(2,3)4)14-17(25(16)7)15-23(5,6)21-12-11-20(26-21)19-10-8-9-13-24-19/h8-14H,15H2,1-7H3. The normalized spacial score (nSPS) is 12.6. The molecule has 0 spiro atoms. The van der Waals surface area contributed by atoms with Crippen LogP contribution in [-0.2, 0) is 24.3 Å². The first-order chi connectivity index (χ1) is 12.1. The van der Waals surface area contributed by atoms with E-state index in [-0.39, 0.29) is 10.8 Å². The molecule has 0 saturated carbocycles. The molecule has 138 valence electrons. The zero-order valence-corrected chi connectivity index (χ0v) is 17.9. The molecule has 0 amide bonds. The Kier molecular flexibility index (Phi) is 4.87. The van der Waals surface area contributed by atoms with E-state index in [2.05, 4.69) is 82.4 Å². The molecule has 3 heterocycles. The molecule has 0 radical (unpaired) electrons. The number of hydrogen-bond acceptors (Lipinski definition) is 2. The van der Waals surface area contributed by atoms with Gasteiger partial charge < -0.3 is 4.57 Å². The largest absolute Gasteiger partial charge is 0.352 e. The lowest BCUT2D eigenvalue weighted by Gasteiger charge is -2.24. The van der Waals surface area contributed by atoms with Crippen LogP contribution < -0.4 is 0 Å². The smallest absolute Gasteiger partial charge is 0.0801 e. The first-order valence-electron chi connectivity index (χ1n) is 9.27. The lowest BCUT2D eigenvalue weighted by atomic mass is 9.84. The van der Waals surface area contributed by atoms with Gasteiger partial charge in [0, 0.05) is 34.9 Å². The molecule has 0 unspecified atom stereocenters. The van der Waals surface area contributed by atoms with Crippen LogP contribution in [0.4, 0.5) is 0 Å². The van der Waals surface area contributed by atoms with Crippen LogP contribution >= 0.6 is 11.3 Å². The highest BCUT2D eigenvalue weighted by Crippen LogP contribution is 2.38. The van der Waals surface area contributed by atoms with Crippen LogP contribution in [0.5, 0.6) is 0 Å². The van der Waals surface area contributed by atoms with Gasteiger partial charge in [0.15, 0.2) is 0 Å². The Hall–Kier alpha value is -1.87. The second-order valence-electron chi connectivity index (χ2n) is 8.88. The summed E-state index contributed by atoms with van der Waals surface area (Å²) in [4.78, 5) is 7.14. The molecule has 0 bridgehead atoms. The molecule has 0 aromatic carbocycles. The van der Waals surface area contributed by atoms with Crippen molar-refractivity contribution >= 4 is 11.3 Å². The Morgan fingerprint density at radius 2 is 1.77 bits per heavy atom. The van der Waals surface area contributed by atoms with Crippen molar-refractivity contribution in [1.82, 2.24) is 9.55 Å². The molecule has 0 atom stereocenters. The first kappa shape index (κ1) is 18.9. The van der Waals surface area contributed by atoms with E-state index < -0.39 is 0 Å². The molecule has 3 aromatic rings. The van der Waals surface area contributed by atoms with Gasteiger partial charge in [-0.3, -0.25) is 4.98 Å². The van der Waals surface area contributed by atoms with Crippen molar-refractivity contribution in [3.63, 3.8) is 0 Å². The van der Waals surface area contributed by atoms with Crippen LogP contribution in [-0.4, -0.2) is 9.55 Å². The summed E-state index contributed by atoms with van der Waals surface area (Å²) in [7, 11) is 2.20. The van der Waals surface area contributed by atoms with Gasteiger partial charge in [0.2, 0.25) is 0 Å². The number of thiophene rings is 1. The van der Waals surface area contributed by atoms with E-state index in [0.717, 1.165) is 12.1 Å². The SMILES string of the molecule is Cc1c(C(C)(C)C)cc(CC(C)(C)c2ccc(-c3ccccn3)s2)n1C. The fourth-order valence-corrected chi connectivity index (χ4v) is 4.66. The second kappa shape index (κ2) is 6.70. The van der Waals surface area contributed by atoms with Crippen molar-refractivity contribution in [1.29, 1.82) is 0 Å². The second-order valence-corrected chi connectivity index (χ2v) is 9.97. The predicted octanol–water partition coefficient (Wildman–Crippen LogP) is 6.27. The lowest BCUT2D eigenvalue weighted by molar-refractivity contribution is 0.515. The number of hydrogen-bond donors (Lipinski definition) is 0. The Morgan fingerprint density at radius 1 is 1.04 bits per heavy atom. The van der Waals surface area contributed by atoms with Crippen LogP contribution in [0, 0.1) is 6.92 Å². The molecule has 3 rings (SSSR count). The minimum Gasteiger partial charge on any atom is -0.352 e. The summed E-state index contributed by atoms with van der Waals surface area (Å²) in [6.45, 7) is 13.8. The minimum atomic E-state index is 0.0887. The summed E-state index contributed by atoms with van der Waals surface area (Å²) in [6.07, 6.45) is 2.89. The van der Waals surface area contributed by atoms with Crippen LogP contribution in [0.2, 0.25) is 0 Å². The van der Waals surface area contributed by atoms with Gasteiger partial charge in [-0.25, -0.2) is 0 Å². The van der Waals surface area contributed by atoms with Crippen molar-refractivity contribution in [3.05, 3.63) is 64.4 Å². The molecule has 3 aromatic heterocycles. The van der Waals surface area contributed by atoms with E-state index in [9.17, 15) is 0 Å². The van der Waals surface area contributed by atoms with Gasteiger partial charge in [0.1, 0.15) is 0 Å². The lowest BCUT2D eigenvalue weighted by Crippen LogP contribution is -2.20. The van der Waals surface area contributed by atoms with Gasteiger partial charge in [-0.2, -0.15) is 0 Å². The van der Waals surface area contributed by atoms with Crippen molar-refractivity contribution in [3.8, 4) is 10.6 Å². The molecule has 0 saturated heterocycles. The maximum Gasteiger partial charge on any atom is 0.0801 e. The average Bonchev–Trinajstić information content (AvgIpc) is 3.17. The van der Waals surface area contributed by atoms with Crippen LogP contribution in [0.25, 0.3) is 10.6 Å². The summed E-state index contributed by atoms with van der Waals surface area (Å²) >= 11 is 1.86. The third-order valence-electron chi connectivity index (χ3n) is 5.26. The third-order valence-corrected chi connectivity index (χ3v) is 6.73. The quantitative estimate of drug-likeness (QED) is 0.532. The Labute approximate surface area is 161 Å². The van der Waals surface area contributed by atoms with Crippen molar-refractivity contribution in [2.75, 3.05) is 0 Å². The molecule has 0 N–H and O–H groups in total. The van der Waals surface area contributed by atoms with Crippen molar-refractivity contribution < 1.29 is 0 Å². The molecule has 2 nitrogen and oxygen atoms in total. The van der Waals surface area contributed by atoms with E-state index in [0.29, 0.717) is 0 Å². The van der Waals surface area contributed by atoms with Gasteiger partial charge >= 0.3 is 0 Å². The summed E-state index contributed by atoms with van der Waals surface area (Å²) in [6, 6.07) is 13.0. The number of rotatable bonds is 4. The van der Waals surface area contributed by atoms with E-state index >= 15 is 0 Å². The maximum atomic E-state index is 4.49. The monoisotopic (exact) mass is 366 g/mol. The Balaban J connectivity index is 1.90. The molecule has 0 aliphatic heterocycles. The molecule has 26 heavy (non-hydrogen) atoms. The summed E-state index contributed by atoms with van der Waals surface area (Å²) in [5, 5.41) is 0. The maximum absolute atomic E-state index is 4.49. The van der Waals surface area contributed by atoms with Crippen molar-refractivity contribution in [2.24, 2.45) is 7.05 Å². The molecule has 3 heteroatoms. The van der Waals surface area contributed by atoms with Gasteiger partial charge in [-0.05, 0) is 54.7 Å². The summed E-state index contributed by atoms with van der Waals surface area (Å²) in [5.41, 5.74) is 5.56. The van der Waals surface area contributed by atoms with E-state index in [1.807, 2.05) is 29.7 Å². The van der Waals surface area contributed by atoms with Crippen LogP contribution in [0.3, 0.4) is 0 Å². The number of nitrogens with zero attached hydrogens (tertiary/aromatic N) is 2. The van der Waals surface area contributed by atoms with E-state index in [1.165, 1.54) is 26.7 Å². The fraction of sp³-hybridized carbons (Fsp3) is 0.435. The first-order valence-corrected chi connectivity index (χ1v) is 10.1. The minimum absolute atomic E-state index is 0.0887. The predicted molar refractivity (Wildman–Crippen MR) is 113 cm³/mol. The summed E-state index contributed by atoms with van der Waals surface area (Å²) in [5.74, 6) is 0. The highest BCUT2D eigenvalue weighted by molar-refractivity contribution is 7.15. The molecule has 0 aliphatic rings. The fourth-order valence-electron chi connectivity index (χ4n) is 3.58. The number of aromatic nitrogens is 2. The highest BCUT2D eigenvalue weighted by Gasteiger charge is 2.27. The Bertz CT molecular complexity index is 892. The number of pyridine rings is 1. The average molecular weight is 367 g/mol. The molecular weight excluding hydrogens is 336 g/mol. The van der Waals surface area contributed by atoms with Gasteiger partial charge in [0.05, 0.1) is 10.6 Å². The zero-order valence-electron chi connectivity index (χ0n) is 17.1. The van der Waals surface area contributed by atoms with Gasteiger partial charge in [0.25, 0.3) is 0 Å². The van der Waals surface area contributed by atoms with Gasteiger partial charge in [-0.1, -0.05) is 40.7 Å².